The highest BCUT2D eigenvalue weighted by Gasteiger charge is 2.73. The van der Waals surface area contributed by atoms with Gasteiger partial charge in [0.15, 0.2) is 0 Å². The van der Waals surface area contributed by atoms with Crippen LogP contribution in [0.5, 0.6) is 0 Å². The van der Waals surface area contributed by atoms with Crippen LogP contribution in [0.3, 0.4) is 0 Å². The number of nitrogens with two attached hydrogens (primary N) is 1. The molecule has 3 rings (SSSR count). The Morgan fingerprint density at radius 3 is 2.11 bits per heavy atom. The summed E-state index contributed by atoms with van der Waals surface area (Å²) in [6.07, 6.45) is -8.99. The van der Waals surface area contributed by atoms with Crippen LogP contribution in [-0.4, -0.2) is 30.5 Å². The number of nitrogens with zero attached hydrogens (tertiary/aromatic N) is 2. The highest BCUT2D eigenvalue weighted by molar-refractivity contribution is 7.14. The molecular formula is C21H13Cl2F7N4OS. The molecule has 1 aliphatic rings. The number of hydrogen-bond donors (Lipinski definition) is 2. The Balaban J connectivity index is 1.96. The van der Waals surface area contributed by atoms with E-state index in [2.05, 4.69) is 10.3 Å². The molecule has 0 saturated heterocycles. The lowest BCUT2D eigenvalue weighted by molar-refractivity contribution is -0.348. The van der Waals surface area contributed by atoms with Crippen molar-refractivity contribution < 1.29 is 35.5 Å². The zero-order valence-corrected chi connectivity index (χ0v) is 19.9. The second kappa shape index (κ2) is 9.91. The number of benzene rings is 1. The Morgan fingerprint density at radius 2 is 1.67 bits per heavy atom. The van der Waals surface area contributed by atoms with Crippen molar-refractivity contribution in [3.63, 3.8) is 0 Å². The Bertz CT molecular complexity index is 1250. The van der Waals surface area contributed by atoms with Gasteiger partial charge in [0.25, 0.3) is 5.91 Å². The minimum absolute atomic E-state index is 0.0310. The number of thiophene rings is 1. The summed E-state index contributed by atoms with van der Waals surface area (Å²) >= 11 is 12.5. The normalized spacial score (nSPS) is 15.3. The van der Waals surface area contributed by atoms with Gasteiger partial charge in [-0.05, 0) is 31.0 Å². The maximum atomic E-state index is 14.4. The Kier molecular flexibility index (Phi) is 7.64. The fourth-order valence-electron chi connectivity index (χ4n) is 2.97. The smallest absolute Gasteiger partial charge is 0.404 e. The molecule has 1 aromatic heterocycles. The second-order valence-corrected chi connectivity index (χ2v) is 9.40. The zero-order chi connectivity index (χ0) is 27.1. The van der Waals surface area contributed by atoms with Gasteiger partial charge in [0.2, 0.25) is 0 Å². The first kappa shape index (κ1) is 27.8. The number of aliphatic imine (C=N–C) groups is 1. The number of rotatable bonds is 6. The van der Waals surface area contributed by atoms with E-state index >= 15 is 0 Å². The number of halogens is 9. The van der Waals surface area contributed by atoms with Crippen LogP contribution >= 0.6 is 34.5 Å². The summed E-state index contributed by atoms with van der Waals surface area (Å²) in [5, 5.41) is 10.5. The summed E-state index contributed by atoms with van der Waals surface area (Å²) in [6.45, 7) is 0. The first-order chi connectivity index (χ1) is 16.6. The number of nitrogens with one attached hydrogen (secondary N) is 1. The van der Waals surface area contributed by atoms with Gasteiger partial charge in [0.1, 0.15) is 16.6 Å². The summed E-state index contributed by atoms with van der Waals surface area (Å²) in [5.41, 5.74) is -2.23. The predicted molar refractivity (Wildman–Crippen MR) is 121 cm³/mol. The lowest BCUT2D eigenvalue weighted by Gasteiger charge is -2.30. The molecule has 0 atom stereocenters. The van der Waals surface area contributed by atoms with Crippen molar-refractivity contribution in [2.45, 2.75) is 36.9 Å². The lowest BCUT2D eigenvalue weighted by Crippen LogP contribution is -2.50. The van der Waals surface area contributed by atoms with E-state index in [9.17, 15) is 40.8 Å². The second-order valence-electron chi connectivity index (χ2n) is 7.54. The Hall–Kier alpha value is -2.82. The summed E-state index contributed by atoms with van der Waals surface area (Å²) in [5.74, 6) is -0.462. The SMILES string of the molecule is N#Cc1sc(C(C=Nc2c(Cl)cc(C(F)(C(F)(F)F)C(F)(F)F)cc2Cl)=CN)cc1C(=O)NC1CC1. The first-order valence-corrected chi connectivity index (χ1v) is 11.3. The average molecular weight is 573 g/mol. The van der Waals surface area contributed by atoms with Crippen LogP contribution in [0.25, 0.3) is 5.57 Å². The molecular weight excluding hydrogens is 560 g/mol. The standard InChI is InChI=1S/C21H13Cl2F7N4OS/c22-13-3-10(19(24,20(25,26)27)21(28,29)30)4-14(23)17(13)33-8-9(6-31)15-5-12(16(7-32)36-15)18(35)34-11-1-2-11/h3-6,8,11H,1-2,31H2,(H,34,35). The molecule has 192 valence electrons. The fraction of sp³-hybridized carbons (Fsp3) is 0.286. The number of nitriles is 1. The van der Waals surface area contributed by atoms with Gasteiger partial charge >= 0.3 is 18.0 Å². The number of amides is 1. The van der Waals surface area contributed by atoms with Crippen molar-refractivity contribution in [1.29, 1.82) is 5.26 Å². The van der Waals surface area contributed by atoms with Crippen molar-refractivity contribution in [3.8, 4) is 6.07 Å². The first-order valence-electron chi connectivity index (χ1n) is 9.77. The molecule has 5 nitrogen and oxygen atoms in total. The molecule has 1 heterocycles. The van der Waals surface area contributed by atoms with E-state index in [4.69, 9.17) is 28.9 Å². The summed E-state index contributed by atoms with van der Waals surface area (Å²) in [6, 6.07) is 3.56. The molecule has 0 spiro atoms. The van der Waals surface area contributed by atoms with Crippen LogP contribution in [0.1, 0.15) is 38.5 Å². The lowest BCUT2D eigenvalue weighted by atomic mass is 9.94. The van der Waals surface area contributed by atoms with Crippen molar-refractivity contribution in [2.24, 2.45) is 10.7 Å². The summed E-state index contributed by atoms with van der Waals surface area (Å²) < 4.78 is 92.6. The number of carbonyl (C=O) groups is 1. The summed E-state index contributed by atoms with van der Waals surface area (Å²) in [7, 11) is 0. The number of hydrogen-bond acceptors (Lipinski definition) is 5. The van der Waals surface area contributed by atoms with Crippen LogP contribution in [0, 0.1) is 11.3 Å². The monoisotopic (exact) mass is 572 g/mol. The van der Waals surface area contributed by atoms with Crippen LogP contribution in [0.4, 0.5) is 36.4 Å². The van der Waals surface area contributed by atoms with E-state index < -0.39 is 45.2 Å². The molecule has 1 fully saturated rings. The van der Waals surface area contributed by atoms with E-state index in [0.29, 0.717) is 4.88 Å². The molecule has 0 unspecified atom stereocenters. The van der Waals surface area contributed by atoms with Crippen molar-refractivity contribution in [2.75, 3.05) is 0 Å². The van der Waals surface area contributed by atoms with Crippen molar-refractivity contribution in [3.05, 3.63) is 55.3 Å². The third kappa shape index (κ3) is 5.30. The molecule has 0 aliphatic heterocycles. The van der Waals surface area contributed by atoms with E-state index in [0.717, 1.165) is 36.6 Å². The van der Waals surface area contributed by atoms with Gasteiger partial charge in [-0.1, -0.05) is 23.2 Å². The number of allylic oxidation sites excluding steroid dienone is 1. The van der Waals surface area contributed by atoms with E-state index in [1.807, 2.05) is 6.07 Å². The van der Waals surface area contributed by atoms with Crippen LogP contribution in [0.2, 0.25) is 10.0 Å². The fourth-order valence-corrected chi connectivity index (χ4v) is 4.50. The van der Waals surface area contributed by atoms with Gasteiger partial charge in [0.05, 0.1) is 15.6 Å². The predicted octanol–water partition coefficient (Wildman–Crippen LogP) is 6.81. The molecule has 15 heteroatoms. The molecule has 0 bridgehead atoms. The Labute approximate surface area is 213 Å². The minimum atomic E-state index is -6.35. The van der Waals surface area contributed by atoms with E-state index in [1.54, 1.807) is 0 Å². The largest absolute Gasteiger partial charge is 0.435 e. The number of alkyl halides is 7. The highest BCUT2D eigenvalue weighted by Crippen LogP contribution is 2.54. The zero-order valence-electron chi connectivity index (χ0n) is 17.6. The van der Waals surface area contributed by atoms with Gasteiger partial charge in [-0.2, -0.15) is 31.6 Å². The maximum Gasteiger partial charge on any atom is 0.435 e. The quantitative estimate of drug-likeness (QED) is 0.294. The molecule has 1 aliphatic carbocycles. The van der Waals surface area contributed by atoms with E-state index in [-0.39, 0.29) is 34.2 Å². The molecule has 1 amide bonds. The average Bonchev–Trinajstić information content (AvgIpc) is 3.48. The topological polar surface area (TPSA) is 91.3 Å². The Morgan fingerprint density at radius 1 is 1.11 bits per heavy atom. The maximum absolute atomic E-state index is 14.4. The third-order valence-corrected chi connectivity index (χ3v) is 6.65. The van der Waals surface area contributed by atoms with Gasteiger partial charge in [-0.25, -0.2) is 4.39 Å². The third-order valence-electron chi connectivity index (χ3n) is 4.98. The molecule has 0 radical (unpaired) electrons. The van der Waals surface area contributed by atoms with Crippen molar-refractivity contribution in [1.82, 2.24) is 5.32 Å². The van der Waals surface area contributed by atoms with E-state index in [1.165, 1.54) is 6.07 Å². The minimum Gasteiger partial charge on any atom is -0.404 e. The summed E-state index contributed by atoms with van der Waals surface area (Å²) in [4.78, 5) is 16.6. The molecule has 1 aromatic carbocycles. The number of carbonyl (C=O) groups excluding carboxylic acids is 1. The van der Waals surface area contributed by atoms with Gasteiger partial charge in [-0.3, -0.25) is 9.79 Å². The van der Waals surface area contributed by atoms with Gasteiger partial charge in [-0.15, -0.1) is 11.3 Å². The molecule has 1 saturated carbocycles. The van der Waals surface area contributed by atoms with Gasteiger partial charge < -0.3 is 11.1 Å². The van der Waals surface area contributed by atoms with Crippen LogP contribution in [-0.2, 0) is 5.67 Å². The highest BCUT2D eigenvalue weighted by atomic mass is 35.5. The van der Waals surface area contributed by atoms with Gasteiger partial charge in [0, 0.05) is 34.5 Å². The van der Waals surface area contributed by atoms with Crippen molar-refractivity contribution >= 4 is 57.9 Å². The van der Waals surface area contributed by atoms with Crippen LogP contribution < -0.4 is 11.1 Å². The molecule has 2 aromatic rings. The molecule has 36 heavy (non-hydrogen) atoms. The molecule has 3 N–H and O–H groups in total. The van der Waals surface area contributed by atoms with Crippen LogP contribution in [0.15, 0.2) is 29.4 Å².